The fourth-order valence-electron chi connectivity index (χ4n) is 2.34. The van der Waals surface area contributed by atoms with Gasteiger partial charge in [0.2, 0.25) is 11.8 Å². The molecule has 2 heterocycles. The van der Waals surface area contributed by atoms with Crippen molar-refractivity contribution in [2.24, 2.45) is 5.92 Å². The van der Waals surface area contributed by atoms with E-state index in [1.807, 2.05) is 12.1 Å². The van der Waals surface area contributed by atoms with Crippen LogP contribution in [0.1, 0.15) is 18.9 Å². The second kappa shape index (κ2) is 7.95. The third-order valence-electron chi connectivity index (χ3n) is 3.55. The zero-order valence-electron chi connectivity index (χ0n) is 12.6. The lowest BCUT2D eigenvalue weighted by Gasteiger charge is -2.18. The molecule has 0 aromatic carbocycles. The molecular formula is C15H23N3O3. The van der Waals surface area contributed by atoms with E-state index in [1.54, 1.807) is 13.3 Å². The predicted molar refractivity (Wildman–Crippen MR) is 79.0 cm³/mol. The molecule has 0 saturated carbocycles. The van der Waals surface area contributed by atoms with Crippen molar-refractivity contribution in [2.45, 2.75) is 25.9 Å². The van der Waals surface area contributed by atoms with Crippen LogP contribution in [0.25, 0.3) is 0 Å². The van der Waals surface area contributed by atoms with E-state index in [2.05, 4.69) is 22.5 Å². The van der Waals surface area contributed by atoms with Gasteiger partial charge in [-0.25, -0.2) is 4.98 Å². The van der Waals surface area contributed by atoms with Crippen LogP contribution in [0, 0.1) is 5.92 Å². The van der Waals surface area contributed by atoms with Gasteiger partial charge in [-0.15, -0.1) is 0 Å². The van der Waals surface area contributed by atoms with Gasteiger partial charge in [0.05, 0.1) is 26.2 Å². The number of hydrogen-bond acceptors (Lipinski definition) is 5. The van der Waals surface area contributed by atoms with E-state index in [0.717, 1.165) is 18.5 Å². The van der Waals surface area contributed by atoms with Gasteiger partial charge in [0.25, 0.3) is 0 Å². The Morgan fingerprint density at radius 2 is 2.38 bits per heavy atom. The van der Waals surface area contributed by atoms with Crippen molar-refractivity contribution >= 4 is 5.91 Å². The van der Waals surface area contributed by atoms with E-state index in [9.17, 15) is 4.79 Å². The Morgan fingerprint density at radius 3 is 3.14 bits per heavy atom. The summed E-state index contributed by atoms with van der Waals surface area (Å²) >= 11 is 0. The molecule has 1 amide bonds. The summed E-state index contributed by atoms with van der Waals surface area (Å²) in [6.07, 6.45) is 2.71. The van der Waals surface area contributed by atoms with Crippen molar-refractivity contribution in [1.29, 1.82) is 0 Å². The molecule has 1 aliphatic rings. The molecular weight excluding hydrogens is 270 g/mol. The summed E-state index contributed by atoms with van der Waals surface area (Å²) < 4.78 is 10.5. The molecule has 21 heavy (non-hydrogen) atoms. The van der Waals surface area contributed by atoms with Gasteiger partial charge in [-0.2, -0.15) is 0 Å². The zero-order chi connectivity index (χ0) is 15.1. The average Bonchev–Trinajstić information content (AvgIpc) is 2.99. The summed E-state index contributed by atoms with van der Waals surface area (Å²) in [5, 5.41) is 6.32. The number of aromatic nitrogens is 1. The third kappa shape index (κ3) is 4.41. The van der Waals surface area contributed by atoms with Crippen molar-refractivity contribution in [3.05, 3.63) is 23.9 Å². The zero-order valence-corrected chi connectivity index (χ0v) is 12.6. The predicted octanol–water partition coefficient (Wildman–Crippen LogP) is 0.721. The third-order valence-corrected chi connectivity index (χ3v) is 3.55. The van der Waals surface area contributed by atoms with Crippen molar-refractivity contribution in [2.75, 3.05) is 26.9 Å². The van der Waals surface area contributed by atoms with Crippen LogP contribution in [-0.2, 0) is 16.1 Å². The Balaban J connectivity index is 1.85. The number of amides is 1. The molecule has 2 rings (SSSR count). The summed E-state index contributed by atoms with van der Waals surface area (Å²) in [5.41, 5.74) is 0.965. The van der Waals surface area contributed by atoms with E-state index >= 15 is 0 Å². The molecule has 6 heteroatoms. The van der Waals surface area contributed by atoms with Crippen LogP contribution in [0.4, 0.5) is 0 Å². The van der Waals surface area contributed by atoms with Crippen LogP contribution in [0.15, 0.2) is 18.3 Å². The number of carbonyl (C=O) groups excluding carboxylic acids is 1. The quantitative estimate of drug-likeness (QED) is 0.775. The van der Waals surface area contributed by atoms with Crippen LogP contribution in [0.5, 0.6) is 5.88 Å². The van der Waals surface area contributed by atoms with Crippen LogP contribution < -0.4 is 15.4 Å². The smallest absolute Gasteiger partial charge is 0.227 e. The maximum Gasteiger partial charge on any atom is 0.227 e. The van der Waals surface area contributed by atoms with Crippen molar-refractivity contribution < 1.29 is 14.3 Å². The lowest BCUT2D eigenvalue weighted by molar-refractivity contribution is -0.125. The Hall–Kier alpha value is -1.66. The summed E-state index contributed by atoms with van der Waals surface area (Å²) in [6.45, 7) is 4.55. The largest absolute Gasteiger partial charge is 0.481 e. The number of rotatable bonds is 7. The highest BCUT2D eigenvalue weighted by Crippen LogP contribution is 2.15. The summed E-state index contributed by atoms with van der Waals surface area (Å²) in [6, 6.07) is 3.79. The van der Waals surface area contributed by atoms with Crippen LogP contribution >= 0.6 is 0 Å². The highest BCUT2D eigenvalue weighted by atomic mass is 16.5. The van der Waals surface area contributed by atoms with Crippen molar-refractivity contribution in [3.63, 3.8) is 0 Å². The average molecular weight is 293 g/mol. The van der Waals surface area contributed by atoms with Gasteiger partial charge < -0.3 is 20.1 Å². The summed E-state index contributed by atoms with van der Waals surface area (Å²) in [5.74, 6) is 0.450. The normalized spacial score (nSPS) is 21.2. The fraction of sp³-hybridized carbons (Fsp3) is 0.600. The molecule has 1 saturated heterocycles. The van der Waals surface area contributed by atoms with Gasteiger partial charge in [0.1, 0.15) is 0 Å². The molecule has 0 bridgehead atoms. The molecule has 1 aromatic rings. The Labute approximate surface area is 125 Å². The summed E-state index contributed by atoms with van der Waals surface area (Å²) in [7, 11) is 1.57. The Bertz CT molecular complexity index is 467. The van der Waals surface area contributed by atoms with Crippen LogP contribution in [0.3, 0.4) is 0 Å². The first-order valence-electron chi connectivity index (χ1n) is 7.32. The van der Waals surface area contributed by atoms with E-state index in [0.29, 0.717) is 25.6 Å². The highest BCUT2D eigenvalue weighted by molar-refractivity contribution is 5.79. The van der Waals surface area contributed by atoms with Crippen molar-refractivity contribution in [3.8, 4) is 5.88 Å². The molecule has 2 atom stereocenters. The molecule has 6 nitrogen and oxygen atoms in total. The second-order valence-electron chi connectivity index (χ2n) is 5.13. The Kier molecular flexibility index (Phi) is 5.95. The SMILES string of the molecule is CCCNC1COCC1C(=O)NCc1ccnc(OC)c1. The minimum absolute atomic E-state index is 0.0249. The Morgan fingerprint density at radius 1 is 1.52 bits per heavy atom. The van der Waals surface area contributed by atoms with Crippen LogP contribution in [-0.4, -0.2) is 43.8 Å². The number of nitrogens with one attached hydrogen (secondary N) is 2. The lowest BCUT2D eigenvalue weighted by atomic mass is 10.0. The first-order chi connectivity index (χ1) is 10.2. The number of ether oxygens (including phenoxy) is 2. The number of nitrogens with zero attached hydrogens (tertiary/aromatic N) is 1. The van der Waals surface area contributed by atoms with Gasteiger partial charge in [-0.05, 0) is 24.6 Å². The van der Waals surface area contributed by atoms with E-state index in [4.69, 9.17) is 9.47 Å². The molecule has 1 aromatic heterocycles. The van der Waals surface area contributed by atoms with Crippen molar-refractivity contribution in [1.82, 2.24) is 15.6 Å². The number of methoxy groups -OCH3 is 1. The maximum absolute atomic E-state index is 12.3. The molecule has 1 fully saturated rings. The summed E-state index contributed by atoms with van der Waals surface area (Å²) in [4.78, 5) is 16.3. The van der Waals surface area contributed by atoms with Gasteiger partial charge >= 0.3 is 0 Å². The monoisotopic (exact) mass is 293 g/mol. The lowest BCUT2D eigenvalue weighted by Crippen LogP contribution is -2.44. The maximum atomic E-state index is 12.3. The topological polar surface area (TPSA) is 72.5 Å². The molecule has 116 valence electrons. The molecule has 2 N–H and O–H groups in total. The number of hydrogen-bond donors (Lipinski definition) is 2. The fourth-order valence-corrected chi connectivity index (χ4v) is 2.34. The van der Waals surface area contributed by atoms with E-state index < -0.39 is 0 Å². The van der Waals surface area contributed by atoms with Gasteiger partial charge in [0, 0.05) is 24.8 Å². The van der Waals surface area contributed by atoms with E-state index in [-0.39, 0.29) is 17.9 Å². The molecule has 2 unspecified atom stereocenters. The minimum Gasteiger partial charge on any atom is -0.481 e. The van der Waals surface area contributed by atoms with Crippen LogP contribution in [0.2, 0.25) is 0 Å². The molecule has 0 spiro atoms. The first-order valence-corrected chi connectivity index (χ1v) is 7.32. The van der Waals surface area contributed by atoms with Gasteiger partial charge in [-0.1, -0.05) is 6.92 Å². The molecule has 0 aliphatic carbocycles. The van der Waals surface area contributed by atoms with Gasteiger partial charge in [-0.3, -0.25) is 4.79 Å². The highest BCUT2D eigenvalue weighted by Gasteiger charge is 2.33. The number of pyridine rings is 1. The standard InChI is InChI=1S/C15H23N3O3/c1-3-5-16-13-10-21-9-12(13)15(19)18-8-11-4-6-17-14(7-11)20-2/h4,6-7,12-13,16H,3,5,8-10H2,1-2H3,(H,18,19). The van der Waals surface area contributed by atoms with Gasteiger partial charge in [0.15, 0.2) is 0 Å². The minimum atomic E-state index is -0.125. The molecule has 1 aliphatic heterocycles. The number of carbonyl (C=O) groups is 1. The first kappa shape index (κ1) is 15.7. The molecule has 0 radical (unpaired) electrons. The second-order valence-corrected chi connectivity index (χ2v) is 5.13. The van der Waals surface area contributed by atoms with E-state index in [1.165, 1.54) is 0 Å².